The fraction of sp³-hybridized carbons (Fsp3) is 0.316. The van der Waals surface area contributed by atoms with E-state index in [9.17, 15) is 4.79 Å². The molecule has 110 valence electrons. The standard InChI is InChI=1S/C19H22O2/c1-5-14-10-12-15(13-11-14)16-8-6-7-9-17(16)18(20)21-19(2,3)4/h6-13H,5H2,1-4H3. The van der Waals surface area contributed by atoms with Crippen molar-refractivity contribution in [3.05, 3.63) is 59.7 Å². The molecule has 2 rings (SSSR count). The number of benzene rings is 2. The minimum absolute atomic E-state index is 0.280. The minimum Gasteiger partial charge on any atom is -0.456 e. The number of esters is 1. The van der Waals surface area contributed by atoms with E-state index in [-0.39, 0.29) is 5.97 Å². The van der Waals surface area contributed by atoms with E-state index < -0.39 is 5.60 Å². The van der Waals surface area contributed by atoms with Crippen molar-refractivity contribution in [2.45, 2.75) is 39.7 Å². The normalized spacial score (nSPS) is 11.2. The maximum Gasteiger partial charge on any atom is 0.339 e. The van der Waals surface area contributed by atoms with Crippen LogP contribution < -0.4 is 0 Å². The predicted octanol–water partition coefficient (Wildman–Crippen LogP) is 4.87. The number of hydrogen-bond acceptors (Lipinski definition) is 2. The van der Waals surface area contributed by atoms with Crippen molar-refractivity contribution in [1.29, 1.82) is 0 Å². The van der Waals surface area contributed by atoms with E-state index in [0.717, 1.165) is 17.5 Å². The fourth-order valence-corrected chi connectivity index (χ4v) is 2.17. The third kappa shape index (κ3) is 3.94. The monoisotopic (exact) mass is 282 g/mol. The van der Waals surface area contributed by atoms with Crippen LogP contribution in [0.1, 0.15) is 43.6 Å². The molecule has 2 nitrogen and oxygen atoms in total. The van der Waals surface area contributed by atoms with Gasteiger partial charge in [-0.15, -0.1) is 0 Å². The molecular weight excluding hydrogens is 260 g/mol. The van der Waals surface area contributed by atoms with Crippen molar-refractivity contribution < 1.29 is 9.53 Å². The summed E-state index contributed by atoms with van der Waals surface area (Å²) in [7, 11) is 0. The van der Waals surface area contributed by atoms with Crippen LogP contribution in [-0.4, -0.2) is 11.6 Å². The lowest BCUT2D eigenvalue weighted by molar-refractivity contribution is 0.00705. The van der Waals surface area contributed by atoms with Crippen molar-refractivity contribution in [2.75, 3.05) is 0 Å². The van der Waals surface area contributed by atoms with Gasteiger partial charge in [-0.25, -0.2) is 4.79 Å². The smallest absolute Gasteiger partial charge is 0.339 e. The Hall–Kier alpha value is -2.09. The maximum absolute atomic E-state index is 12.4. The topological polar surface area (TPSA) is 26.3 Å². The molecule has 0 aliphatic carbocycles. The summed E-state index contributed by atoms with van der Waals surface area (Å²) in [6.07, 6.45) is 1.01. The molecule has 0 bridgehead atoms. The summed E-state index contributed by atoms with van der Waals surface area (Å²) < 4.78 is 5.49. The first kappa shape index (κ1) is 15.3. The van der Waals surface area contributed by atoms with Gasteiger partial charge in [-0.1, -0.05) is 49.4 Å². The molecule has 0 heterocycles. The average molecular weight is 282 g/mol. The van der Waals surface area contributed by atoms with Crippen LogP contribution in [0.25, 0.3) is 11.1 Å². The first-order chi connectivity index (χ1) is 9.90. The lowest BCUT2D eigenvalue weighted by Gasteiger charge is -2.20. The van der Waals surface area contributed by atoms with E-state index in [0.29, 0.717) is 5.56 Å². The van der Waals surface area contributed by atoms with Crippen LogP contribution in [0.3, 0.4) is 0 Å². The van der Waals surface area contributed by atoms with Crippen LogP contribution in [0.5, 0.6) is 0 Å². The van der Waals surface area contributed by atoms with Crippen LogP contribution in [0, 0.1) is 0 Å². The van der Waals surface area contributed by atoms with E-state index in [1.807, 2.05) is 45.0 Å². The molecular formula is C19H22O2. The number of aryl methyl sites for hydroxylation is 1. The zero-order valence-corrected chi connectivity index (χ0v) is 13.1. The van der Waals surface area contributed by atoms with Gasteiger partial charge < -0.3 is 4.74 Å². The first-order valence-electron chi connectivity index (χ1n) is 7.32. The van der Waals surface area contributed by atoms with Crippen LogP contribution in [0.4, 0.5) is 0 Å². The summed E-state index contributed by atoms with van der Waals surface area (Å²) in [6.45, 7) is 7.76. The Bertz CT molecular complexity index is 619. The van der Waals surface area contributed by atoms with Gasteiger partial charge in [0, 0.05) is 0 Å². The maximum atomic E-state index is 12.4. The minimum atomic E-state index is -0.490. The molecule has 0 aliphatic rings. The van der Waals surface area contributed by atoms with Gasteiger partial charge in [-0.3, -0.25) is 0 Å². The summed E-state index contributed by atoms with van der Waals surface area (Å²) in [5.41, 5.74) is 3.35. The highest BCUT2D eigenvalue weighted by atomic mass is 16.6. The molecule has 0 aliphatic heterocycles. The fourth-order valence-electron chi connectivity index (χ4n) is 2.17. The zero-order chi connectivity index (χ0) is 15.5. The summed E-state index contributed by atoms with van der Waals surface area (Å²) in [5, 5.41) is 0. The number of ether oxygens (including phenoxy) is 1. The highest BCUT2D eigenvalue weighted by Crippen LogP contribution is 2.26. The first-order valence-corrected chi connectivity index (χ1v) is 7.32. The second-order valence-electron chi connectivity index (χ2n) is 6.10. The second-order valence-corrected chi connectivity index (χ2v) is 6.10. The van der Waals surface area contributed by atoms with Gasteiger partial charge >= 0.3 is 5.97 Å². The molecule has 0 amide bonds. The lowest BCUT2D eigenvalue weighted by Crippen LogP contribution is -2.24. The number of hydrogen-bond donors (Lipinski definition) is 0. The van der Waals surface area contributed by atoms with Gasteiger partial charge in [0.1, 0.15) is 5.60 Å². The van der Waals surface area contributed by atoms with Gasteiger partial charge in [0.15, 0.2) is 0 Å². The van der Waals surface area contributed by atoms with E-state index in [1.165, 1.54) is 5.56 Å². The Morgan fingerprint density at radius 2 is 1.62 bits per heavy atom. The third-order valence-electron chi connectivity index (χ3n) is 3.22. The second kappa shape index (κ2) is 6.13. The third-order valence-corrected chi connectivity index (χ3v) is 3.22. The molecule has 0 unspecified atom stereocenters. The quantitative estimate of drug-likeness (QED) is 0.751. The largest absolute Gasteiger partial charge is 0.456 e. The van der Waals surface area contributed by atoms with Crippen LogP contribution in [0.15, 0.2) is 48.5 Å². The van der Waals surface area contributed by atoms with Crippen molar-refractivity contribution in [1.82, 2.24) is 0 Å². The summed E-state index contributed by atoms with van der Waals surface area (Å²) in [5.74, 6) is -0.280. The van der Waals surface area contributed by atoms with E-state index >= 15 is 0 Å². The summed E-state index contributed by atoms with van der Waals surface area (Å²) >= 11 is 0. The average Bonchev–Trinajstić information content (AvgIpc) is 2.45. The summed E-state index contributed by atoms with van der Waals surface area (Å²) in [4.78, 5) is 12.4. The zero-order valence-electron chi connectivity index (χ0n) is 13.1. The SMILES string of the molecule is CCc1ccc(-c2ccccc2C(=O)OC(C)(C)C)cc1. The molecule has 2 aromatic rings. The Kier molecular flexibility index (Phi) is 4.46. The molecule has 21 heavy (non-hydrogen) atoms. The van der Waals surface area contributed by atoms with Gasteiger partial charge in [0.25, 0.3) is 0 Å². The Labute approximate surface area is 126 Å². The molecule has 0 radical (unpaired) electrons. The Morgan fingerprint density at radius 3 is 2.19 bits per heavy atom. The van der Waals surface area contributed by atoms with Crippen molar-refractivity contribution in [2.24, 2.45) is 0 Å². The molecule has 2 heteroatoms. The molecule has 0 spiro atoms. The highest BCUT2D eigenvalue weighted by Gasteiger charge is 2.20. The Balaban J connectivity index is 2.38. The molecule has 0 fully saturated rings. The van der Waals surface area contributed by atoms with Gasteiger partial charge in [0.05, 0.1) is 5.56 Å². The molecule has 0 atom stereocenters. The van der Waals surface area contributed by atoms with Crippen LogP contribution in [-0.2, 0) is 11.2 Å². The molecule has 0 N–H and O–H groups in total. The van der Waals surface area contributed by atoms with Crippen LogP contribution >= 0.6 is 0 Å². The molecule has 0 saturated carbocycles. The van der Waals surface area contributed by atoms with Crippen LogP contribution in [0.2, 0.25) is 0 Å². The van der Waals surface area contributed by atoms with Gasteiger partial charge in [-0.05, 0) is 49.9 Å². The van der Waals surface area contributed by atoms with Crippen molar-refractivity contribution >= 4 is 5.97 Å². The Morgan fingerprint density at radius 1 is 1.00 bits per heavy atom. The van der Waals surface area contributed by atoms with E-state index in [2.05, 4.69) is 31.2 Å². The van der Waals surface area contributed by atoms with Gasteiger partial charge in [-0.2, -0.15) is 0 Å². The molecule has 0 aromatic heterocycles. The predicted molar refractivity (Wildman–Crippen MR) is 86.4 cm³/mol. The van der Waals surface area contributed by atoms with E-state index in [4.69, 9.17) is 4.74 Å². The highest BCUT2D eigenvalue weighted by molar-refractivity contribution is 5.97. The summed E-state index contributed by atoms with van der Waals surface area (Å²) in [6, 6.07) is 15.9. The van der Waals surface area contributed by atoms with Crippen molar-refractivity contribution in [3.63, 3.8) is 0 Å². The van der Waals surface area contributed by atoms with Gasteiger partial charge in [0.2, 0.25) is 0 Å². The number of rotatable bonds is 3. The molecule has 0 saturated heterocycles. The van der Waals surface area contributed by atoms with Crippen molar-refractivity contribution in [3.8, 4) is 11.1 Å². The van der Waals surface area contributed by atoms with E-state index in [1.54, 1.807) is 0 Å². The number of carbonyl (C=O) groups is 1. The molecule has 2 aromatic carbocycles. The lowest BCUT2D eigenvalue weighted by atomic mass is 9.98. The number of carbonyl (C=O) groups excluding carboxylic acids is 1.